The van der Waals surface area contributed by atoms with Crippen molar-refractivity contribution in [2.45, 2.75) is 50.5 Å². The number of β-lactam (4-membered cyclic amide) rings is 1. The van der Waals surface area contributed by atoms with Gasteiger partial charge in [0.25, 0.3) is 10.2 Å². The van der Waals surface area contributed by atoms with Gasteiger partial charge in [0.15, 0.2) is 0 Å². The Morgan fingerprint density at radius 1 is 1.17 bits per heavy atom. The number of piperidine rings is 1. The number of carbonyl (C=O) groups is 2. The first-order valence-corrected chi connectivity index (χ1v) is 12.3. The highest BCUT2D eigenvalue weighted by Crippen LogP contribution is 2.52. The van der Waals surface area contributed by atoms with Gasteiger partial charge in [0, 0.05) is 42.3 Å². The van der Waals surface area contributed by atoms with Gasteiger partial charge in [0.2, 0.25) is 5.91 Å². The number of carbonyl (C=O) groups excluding carboxylic acids is 1. The van der Waals surface area contributed by atoms with Crippen molar-refractivity contribution in [2.24, 2.45) is 11.8 Å². The molecule has 4 rings (SSSR count). The molecule has 0 aromatic heterocycles. The van der Waals surface area contributed by atoms with Gasteiger partial charge in [-0.3, -0.25) is 4.79 Å². The second kappa shape index (κ2) is 7.52. The van der Waals surface area contributed by atoms with E-state index in [1.54, 1.807) is 6.92 Å². The lowest BCUT2D eigenvalue weighted by molar-refractivity contribution is -0.163. The van der Waals surface area contributed by atoms with E-state index in [4.69, 9.17) is 0 Å². The van der Waals surface area contributed by atoms with E-state index >= 15 is 0 Å². The fraction of sp³-hybridized carbons (Fsp3) is 0.778. The van der Waals surface area contributed by atoms with Crippen LogP contribution in [0.2, 0.25) is 0 Å². The molecule has 0 aliphatic carbocycles. The summed E-state index contributed by atoms with van der Waals surface area (Å²) in [6.07, 6.45) is 1.98. The predicted molar refractivity (Wildman–Crippen MR) is 107 cm³/mol. The molecule has 4 atom stereocenters. The zero-order chi connectivity index (χ0) is 21.1. The van der Waals surface area contributed by atoms with Crippen molar-refractivity contribution in [1.29, 1.82) is 0 Å². The third-order valence-corrected chi connectivity index (χ3v) is 9.81. The second-order valence-electron chi connectivity index (χ2n) is 8.30. The van der Waals surface area contributed by atoms with Crippen molar-refractivity contribution < 1.29 is 28.2 Å². The number of hydrogen-bond donors (Lipinski definition) is 2. The molecular formula is C18H27N3O6S2. The topological polar surface area (TPSA) is 118 Å². The Morgan fingerprint density at radius 2 is 1.79 bits per heavy atom. The summed E-state index contributed by atoms with van der Waals surface area (Å²) in [6.45, 7) is 5.21. The average molecular weight is 446 g/mol. The van der Waals surface area contributed by atoms with E-state index in [0.29, 0.717) is 31.1 Å². The minimum absolute atomic E-state index is 0.00765. The van der Waals surface area contributed by atoms with Crippen LogP contribution in [-0.2, 0) is 19.8 Å². The number of aliphatic carboxylic acids is 1. The van der Waals surface area contributed by atoms with Crippen molar-refractivity contribution >= 4 is 33.8 Å². The summed E-state index contributed by atoms with van der Waals surface area (Å²) >= 11 is 1.37. The van der Waals surface area contributed by atoms with Crippen LogP contribution in [-0.4, -0.2) is 87.6 Å². The minimum atomic E-state index is -3.45. The van der Waals surface area contributed by atoms with Gasteiger partial charge in [0.1, 0.15) is 5.70 Å². The third kappa shape index (κ3) is 3.31. The van der Waals surface area contributed by atoms with Crippen molar-refractivity contribution in [3.8, 4) is 0 Å². The fourth-order valence-electron chi connectivity index (χ4n) is 4.78. The molecule has 0 bridgehead atoms. The first-order chi connectivity index (χ1) is 13.6. The molecule has 0 unspecified atom stereocenters. The van der Waals surface area contributed by atoms with Crippen molar-refractivity contribution in [1.82, 2.24) is 13.5 Å². The maximum absolute atomic E-state index is 12.7. The predicted octanol–water partition coefficient (Wildman–Crippen LogP) is 0.288. The van der Waals surface area contributed by atoms with Gasteiger partial charge in [-0.2, -0.15) is 17.0 Å². The Morgan fingerprint density at radius 3 is 2.34 bits per heavy atom. The maximum Gasteiger partial charge on any atom is 0.353 e. The van der Waals surface area contributed by atoms with E-state index in [-0.39, 0.29) is 28.8 Å². The van der Waals surface area contributed by atoms with Gasteiger partial charge in [0.05, 0.1) is 18.1 Å². The lowest BCUT2D eigenvalue weighted by atomic mass is 9.79. The number of fused-ring (bicyclic) bond motifs is 1. The average Bonchev–Trinajstić information content (AvgIpc) is 2.86. The van der Waals surface area contributed by atoms with Crippen LogP contribution in [0, 0.1) is 11.8 Å². The largest absolute Gasteiger partial charge is 0.477 e. The van der Waals surface area contributed by atoms with Gasteiger partial charge in [-0.25, -0.2) is 4.79 Å². The summed E-state index contributed by atoms with van der Waals surface area (Å²) in [5.74, 6) is -2.30. The number of amides is 1. The monoisotopic (exact) mass is 445 g/mol. The van der Waals surface area contributed by atoms with Gasteiger partial charge < -0.3 is 15.1 Å². The molecule has 11 heteroatoms. The first kappa shape index (κ1) is 21.1. The van der Waals surface area contributed by atoms with Crippen LogP contribution in [0.4, 0.5) is 0 Å². The Labute approximate surface area is 174 Å². The smallest absolute Gasteiger partial charge is 0.353 e. The number of aliphatic hydroxyl groups excluding tert-OH is 1. The van der Waals surface area contributed by atoms with Crippen molar-refractivity contribution in [3.05, 3.63) is 10.6 Å². The summed E-state index contributed by atoms with van der Waals surface area (Å²) < 4.78 is 28.4. The summed E-state index contributed by atoms with van der Waals surface area (Å²) in [5.41, 5.74) is -0.00765. The van der Waals surface area contributed by atoms with E-state index in [1.165, 1.54) is 25.3 Å². The molecule has 162 valence electrons. The van der Waals surface area contributed by atoms with Crippen molar-refractivity contribution in [3.63, 3.8) is 0 Å². The molecule has 0 saturated carbocycles. The molecule has 0 aromatic carbocycles. The highest BCUT2D eigenvalue weighted by atomic mass is 32.2. The molecule has 1 amide bonds. The van der Waals surface area contributed by atoms with Gasteiger partial charge in [-0.1, -0.05) is 13.3 Å². The molecule has 4 aliphatic heterocycles. The number of thioether (sulfide) groups is 1. The van der Waals surface area contributed by atoms with Crippen LogP contribution in [0.15, 0.2) is 10.6 Å². The highest BCUT2D eigenvalue weighted by molar-refractivity contribution is 8.04. The van der Waals surface area contributed by atoms with Crippen LogP contribution in [0.5, 0.6) is 0 Å². The van der Waals surface area contributed by atoms with E-state index in [1.807, 2.05) is 6.92 Å². The fourth-order valence-corrected chi connectivity index (χ4v) is 8.27. The minimum Gasteiger partial charge on any atom is -0.477 e. The van der Waals surface area contributed by atoms with Gasteiger partial charge in [-0.15, -0.1) is 11.8 Å². The quantitative estimate of drug-likeness (QED) is 0.564. The zero-order valence-electron chi connectivity index (χ0n) is 16.5. The molecule has 3 saturated heterocycles. The highest BCUT2D eigenvalue weighted by Gasteiger charge is 2.60. The molecule has 2 N–H and O–H groups in total. The molecule has 3 fully saturated rings. The van der Waals surface area contributed by atoms with Crippen LogP contribution in [0.1, 0.15) is 33.1 Å². The molecule has 4 heterocycles. The lowest BCUT2D eigenvalue weighted by Crippen LogP contribution is -2.63. The zero-order valence-corrected chi connectivity index (χ0v) is 18.2. The molecule has 29 heavy (non-hydrogen) atoms. The van der Waals surface area contributed by atoms with E-state index in [0.717, 1.165) is 19.3 Å². The molecule has 9 nitrogen and oxygen atoms in total. The third-order valence-electron chi connectivity index (χ3n) is 6.39. The van der Waals surface area contributed by atoms with Crippen LogP contribution >= 0.6 is 11.8 Å². The molecule has 0 radical (unpaired) electrons. The summed E-state index contributed by atoms with van der Waals surface area (Å²) in [5, 5.41) is 19.5. The Hall–Kier alpha value is -1.14. The molecular weight excluding hydrogens is 418 g/mol. The number of carboxylic acids is 1. The van der Waals surface area contributed by atoms with Crippen LogP contribution in [0.3, 0.4) is 0 Å². The van der Waals surface area contributed by atoms with Crippen LogP contribution < -0.4 is 0 Å². The number of rotatable bonds is 6. The SMILES string of the molecule is C[C@@H](O)[C@H]1C(=O)N2C(C(=O)O)=C(SC3CN(S(=O)(=O)N4CCCCC4)C3)[C@H](C)[C@H]12. The summed E-state index contributed by atoms with van der Waals surface area (Å²) in [7, 11) is -3.45. The summed E-state index contributed by atoms with van der Waals surface area (Å²) in [6, 6.07) is -0.343. The number of carboxylic acid groups (broad SMARTS) is 1. The standard InChI is InChI=1S/C18H27N3O6S2/c1-10-14-13(11(2)22)17(23)21(14)15(18(24)25)16(10)28-12-8-20(9-12)29(26,27)19-6-4-3-5-7-19/h10-14,22H,3-9H2,1-2H3,(H,24,25)/t10-,11-,13-,14-/m1/s1. The van der Waals surface area contributed by atoms with Crippen LogP contribution in [0.25, 0.3) is 0 Å². The van der Waals surface area contributed by atoms with Crippen molar-refractivity contribution in [2.75, 3.05) is 26.2 Å². The normalized spacial score (nSPS) is 32.7. The number of hydrogen-bond acceptors (Lipinski definition) is 6. The van der Waals surface area contributed by atoms with Gasteiger partial charge in [-0.05, 0) is 19.8 Å². The molecule has 0 spiro atoms. The number of aliphatic hydroxyl groups is 1. The summed E-state index contributed by atoms with van der Waals surface area (Å²) in [4.78, 5) is 26.1. The second-order valence-corrected chi connectivity index (χ2v) is 11.6. The molecule has 4 aliphatic rings. The van der Waals surface area contributed by atoms with E-state index in [2.05, 4.69) is 0 Å². The van der Waals surface area contributed by atoms with E-state index in [9.17, 15) is 28.2 Å². The lowest BCUT2D eigenvalue weighted by Gasteiger charge is -2.46. The Bertz CT molecular complexity index is 846. The first-order valence-electron chi connectivity index (χ1n) is 10.0. The maximum atomic E-state index is 12.7. The van der Waals surface area contributed by atoms with E-state index < -0.39 is 28.2 Å². The Balaban J connectivity index is 1.45. The number of nitrogens with zero attached hydrogens (tertiary/aromatic N) is 3. The van der Waals surface area contributed by atoms with Gasteiger partial charge >= 0.3 is 5.97 Å². The molecule has 0 aromatic rings. The Kier molecular flexibility index (Phi) is 5.48.